The van der Waals surface area contributed by atoms with Gasteiger partial charge < -0.3 is 19.9 Å². The largest absolute Gasteiger partial charge is 0.497 e. The first-order valence-corrected chi connectivity index (χ1v) is 6.54. The van der Waals surface area contributed by atoms with Gasteiger partial charge in [0.25, 0.3) is 0 Å². The standard InChI is InChI=1S/C14H22N2O3/c1-17-11-3-4-14(18-2)12(9-11)13(10-15)16-5-7-19-8-6-16/h3-4,9,13H,5-8,10,15H2,1-2H3/t13-/m0/s1. The van der Waals surface area contributed by atoms with Gasteiger partial charge >= 0.3 is 0 Å². The van der Waals surface area contributed by atoms with Crippen LogP contribution in [0.3, 0.4) is 0 Å². The molecule has 1 atom stereocenters. The van der Waals surface area contributed by atoms with Crippen LogP contribution >= 0.6 is 0 Å². The van der Waals surface area contributed by atoms with Gasteiger partial charge in [-0.3, -0.25) is 4.90 Å². The van der Waals surface area contributed by atoms with E-state index >= 15 is 0 Å². The Hall–Kier alpha value is -1.30. The molecule has 0 aliphatic carbocycles. The number of nitrogens with zero attached hydrogens (tertiary/aromatic N) is 1. The average molecular weight is 266 g/mol. The van der Waals surface area contributed by atoms with Crippen molar-refractivity contribution in [2.45, 2.75) is 6.04 Å². The molecule has 1 aromatic rings. The second kappa shape index (κ2) is 6.75. The molecule has 1 aliphatic heterocycles. The number of benzene rings is 1. The van der Waals surface area contributed by atoms with Crippen LogP contribution < -0.4 is 15.2 Å². The molecular weight excluding hydrogens is 244 g/mol. The molecule has 5 nitrogen and oxygen atoms in total. The summed E-state index contributed by atoms with van der Waals surface area (Å²) in [5.41, 5.74) is 7.05. The van der Waals surface area contributed by atoms with E-state index in [9.17, 15) is 0 Å². The molecular formula is C14H22N2O3. The lowest BCUT2D eigenvalue weighted by Crippen LogP contribution is -2.41. The van der Waals surface area contributed by atoms with E-state index < -0.39 is 0 Å². The van der Waals surface area contributed by atoms with E-state index in [1.807, 2.05) is 18.2 Å². The van der Waals surface area contributed by atoms with Crippen molar-refractivity contribution >= 4 is 0 Å². The first-order valence-electron chi connectivity index (χ1n) is 6.54. The highest BCUT2D eigenvalue weighted by Gasteiger charge is 2.24. The van der Waals surface area contributed by atoms with Crippen molar-refractivity contribution in [3.05, 3.63) is 23.8 Å². The Bertz CT molecular complexity index is 406. The molecule has 1 aromatic carbocycles. The number of rotatable bonds is 5. The summed E-state index contributed by atoms with van der Waals surface area (Å²) in [4.78, 5) is 2.33. The molecule has 0 aromatic heterocycles. The second-order valence-corrected chi connectivity index (χ2v) is 4.51. The Morgan fingerprint density at radius 3 is 2.58 bits per heavy atom. The maximum atomic E-state index is 5.97. The lowest BCUT2D eigenvalue weighted by Gasteiger charge is -2.34. The first kappa shape index (κ1) is 14.1. The van der Waals surface area contributed by atoms with E-state index in [1.165, 1.54) is 0 Å². The van der Waals surface area contributed by atoms with Crippen molar-refractivity contribution in [2.24, 2.45) is 5.73 Å². The third-order valence-electron chi connectivity index (χ3n) is 3.51. The molecule has 2 rings (SSSR count). The molecule has 0 spiro atoms. The van der Waals surface area contributed by atoms with Gasteiger partial charge in [0, 0.05) is 25.2 Å². The zero-order valence-electron chi connectivity index (χ0n) is 11.6. The minimum absolute atomic E-state index is 0.133. The molecule has 1 aliphatic rings. The fraction of sp³-hybridized carbons (Fsp3) is 0.571. The summed E-state index contributed by atoms with van der Waals surface area (Å²) in [5.74, 6) is 1.67. The van der Waals surface area contributed by atoms with Crippen LogP contribution in [0, 0.1) is 0 Å². The number of methoxy groups -OCH3 is 2. The van der Waals surface area contributed by atoms with Crippen LogP contribution in [0.5, 0.6) is 11.5 Å². The van der Waals surface area contributed by atoms with Gasteiger partial charge in [0.05, 0.1) is 33.5 Å². The Labute approximate surface area is 114 Å². The average Bonchev–Trinajstić information content (AvgIpc) is 2.49. The third-order valence-corrected chi connectivity index (χ3v) is 3.51. The van der Waals surface area contributed by atoms with Crippen molar-refractivity contribution in [3.63, 3.8) is 0 Å². The highest BCUT2D eigenvalue weighted by molar-refractivity contribution is 5.42. The van der Waals surface area contributed by atoms with Crippen LogP contribution in [0.4, 0.5) is 0 Å². The number of ether oxygens (including phenoxy) is 3. The van der Waals surface area contributed by atoms with Gasteiger partial charge in [-0.1, -0.05) is 0 Å². The number of hydrogen-bond acceptors (Lipinski definition) is 5. The van der Waals surface area contributed by atoms with Crippen LogP contribution in [-0.4, -0.2) is 52.0 Å². The smallest absolute Gasteiger partial charge is 0.123 e. The predicted octanol–water partition coefficient (Wildman–Crippen LogP) is 1.04. The van der Waals surface area contributed by atoms with Gasteiger partial charge in [-0.2, -0.15) is 0 Å². The van der Waals surface area contributed by atoms with E-state index in [-0.39, 0.29) is 6.04 Å². The zero-order valence-corrected chi connectivity index (χ0v) is 11.6. The van der Waals surface area contributed by atoms with Gasteiger partial charge in [0.15, 0.2) is 0 Å². The molecule has 2 N–H and O–H groups in total. The van der Waals surface area contributed by atoms with Gasteiger partial charge in [-0.25, -0.2) is 0 Å². The van der Waals surface area contributed by atoms with Crippen molar-refractivity contribution in [1.29, 1.82) is 0 Å². The summed E-state index contributed by atoms with van der Waals surface area (Å²) < 4.78 is 16.1. The Kier molecular flexibility index (Phi) is 5.01. The first-order chi connectivity index (χ1) is 9.30. The highest BCUT2D eigenvalue weighted by Crippen LogP contribution is 2.32. The molecule has 1 saturated heterocycles. The lowest BCUT2D eigenvalue weighted by molar-refractivity contribution is 0.0174. The van der Waals surface area contributed by atoms with Crippen LogP contribution in [-0.2, 0) is 4.74 Å². The summed E-state index contributed by atoms with van der Waals surface area (Å²) >= 11 is 0. The third kappa shape index (κ3) is 3.18. The minimum atomic E-state index is 0.133. The molecule has 19 heavy (non-hydrogen) atoms. The second-order valence-electron chi connectivity index (χ2n) is 4.51. The SMILES string of the molecule is COc1ccc(OC)c([C@H](CN)N2CCOCC2)c1. The fourth-order valence-electron chi connectivity index (χ4n) is 2.46. The van der Waals surface area contributed by atoms with E-state index in [0.29, 0.717) is 6.54 Å². The predicted molar refractivity (Wildman–Crippen MR) is 73.7 cm³/mol. The summed E-state index contributed by atoms with van der Waals surface area (Å²) in [6, 6.07) is 5.96. The van der Waals surface area contributed by atoms with Crippen molar-refractivity contribution in [1.82, 2.24) is 4.90 Å². The Balaban J connectivity index is 2.29. The van der Waals surface area contributed by atoms with Crippen molar-refractivity contribution in [2.75, 3.05) is 47.1 Å². The van der Waals surface area contributed by atoms with Gasteiger partial charge in [0.1, 0.15) is 11.5 Å². The molecule has 0 bridgehead atoms. The zero-order chi connectivity index (χ0) is 13.7. The van der Waals surface area contributed by atoms with Crippen molar-refractivity contribution in [3.8, 4) is 11.5 Å². The number of nitrogens with two attached hydrogens (primary N) is 1. The normalized spacial score (nSPS) is 18.1. The number of morpholine rings is 1. The van der Waals surface area contributed by atoms with Crippen LogP contribution in [0.1, 0.15) is 11.6 Å². The summed E-state index contributed by atoms with van der Waals surface area (Å²) in [6.45, 7) is 3.83. The van der Waals surface area contributed by atoms with E-state index in [0.717, 1.165) is 43.4 Å². The van der Waals surface area contributed by atoms with Gasteiger partial charge in [0.2, 0.25) is 0 Å². The molecule has 106 valence electrons. The monoisotopic (exact) mass is 266 g/mol. The van der Waals surface area contributed by atoms with Crippen molar-refractivity contribution < 1.29 is 14.2 Å². The fourth-order valence-corrected chi connectivity index (χ4v) is 2.46. The Morgan fingerprint density at radius 1 is 1.26 bits per heavy atom. The Morgan fingerprint density at radius 2 is 2.00 bits per heavy atom. The van der Waals surface area contributed by atoms with E-state index in [4.69, 9.17) is 19.9 Å². The van der Waals surface area contributed by atoms with Crippen LogP contribution in [0.15, 0.2) is 18.2 Å². The topological polar surface area (TPSA) is 57.0 Å². The maximum Gasteiger partial charge on any atom is 0.123 e. The molecule has 5 heteroatoms. The minimum Gasteiger partial charge on any atom is -0.497 e. The summed E-state index contributed by atoms with van der Waals surface area (Å²) in [7, 11) is 3.34. The quantitative estimate of drug-likeness (QED) is 0.863. The molecule has 1 fully saturated rings. The molecule has 0 radical (unpaired) electrons. The molecule has 0 amide bonds. The van der Waals surface area contributed by atoms with E-state index in [1.54, 1.807) is 14.2 Å². The molecule has 1 heterocycles. The highest BCUT2D eigenvalue weighted by atomic mass is 16.5. The maximum absolute atomic E-state index is 5.97. The van der Waals surface area contributed by atoms with Crippen LogP contribution in [0.25, 0.3) is 0 Å². The van der Waals surface area contributed by atoms with Crippen LogP contribution in [0.2, 0.25) is 0 Å². The molecule has 0 saturated carbocycles. The lowest BCUT2D eigenvalue weighted by atomic mass is 10.0. The molecule has 0 unspecified atom stereocenters. The summed E-state index contributed by atoms with van der Waals surface area (Å²) in [5, 5.41) is 0. The van der Waals surface area contributed by atoms with Gasteiger partial charge in [-0.15, -0.1) is 0 Å². The van der Waals surface area contributed by atoms with E-state index in [2.05, 4.69) is 4.90 Å². The van der Waals surface area contributed by atoms with Gasteiger partial charge in [-0.05, 0) is 18.2 Å². The number of hydrogen-bond donors (Lipinski definition) is 1. The summed E-state index contributed by atoms with van der Waals surface area (Å²) in [6.07, 6.45) is 0.